The fourth-order valence-corrected chi connectivity index (χ4v) is 3.15. The van der Waals surface area contributed by atoms with Crippen molar-refractivity contribution in [3.05, 3.63) is 45.4 Å². The topological polar surface area (TPSA) is 58.5 Å². The summed E-state index contributed by atoms with van der Waals surface area (Å²) in [5.74, 6) is 0.849. The van der Waals surface area contributed by atoms with Crippen LogP contribution >= 0.6 is 11.3 Å². The van der Waals surface area contributed by atoms with Gasteiger partial charge in [0.2, 0.25) is 0 Å². The Kier molecular flexibility index (Phi) is 7.46. The van der Waals surface area contributed by atoms with Crippen LogP contribution in [-0.4, -0.2) is 30.3 Å². The third-order valence-corrected chi connectivity index (χ3v) is 4.58. The minimum atomic E-state index is -4.34. The number of hydrogen-bond donors (Lipinski definition) is 2. The van der Waals surface area contributed by atoms with E-state index in [0.717, 1.165) is 27.7 Å². The van der Waals surface area contributed by atoms with Crippen molar-refractivity contribution in [2.75, 3.05) is 13.2 Å². The maximum atomic E-state index is 12.2. The van der Waals surface area contributed by atoms with E-state index < -0.39 is 12.8 Å². The first-order valence-corrected chi connectivity index (χ1v) is 9.32. The molecule has 0 bridgehead atoms. The Bertz CT molecular complexity index is 757. The second kappa shape index (κ2) is 9.59. The SMILES string of the molecule is CCNC(=NCc1ccc(OCC(F)(F)F)cc1)NCc1sc(C)nc1C. The molecule has 0 spiro atoms. The van der Waals surface area contributed by atoms with Gasteiger partial charge >= 0.3 is 6.18 Å². The minimum Gasteiger partial charge on any atom is -0.484 e. The molecule has 148 valence electrons. The molecule has 1 aromatic heterocycles. The van der Waals surface area contributed by atoms with E-state index in [4.69, 9.17) is 4.74 Å². The molecule has 0 saturated carbocycles. The lowest BCUT2D eigenvalue weighted by Crippen LogP contribution is -2.36. The maximum absolute atomic E-state index is 12.2. The zero-order valence-corrected chi connectivity index (χ0v) is 16.3. The molecule has 9 heteroatoms. The zero-order chi connectivity index (χ0) is 19.9. The van der Waals surface area contributed by atoms with Crippen LogP contribution in [-0.2, 0) is 13.1 Å². The molecule has 5 nitrogen and oxygen atoms in total. The second-order valence-corrected chi connectivity index (χ2v) is 7.13. The van der Waals surface area contributed by atoms with Crippen LogP contribution in [0.15, 0.2) is 29.3 Å². The number of hydrogen-bond acceptors (Lipinski definition) is 4. The highest BCUT2D eigenvalue weighted by molar-refractivity contribution is 7.11. The van der Waals surface area contributed by atoms with Crippen LogP contribution in [0.4, 0.5) is 13.2 Å². The Morgan fingerprint density at radius 3 is 2.44 bits per heavy atom. The Morgan fingerprint density at radius 2 is 1.89 bits per heavy atom. The molecule has 0 saturated heterocycles. The number of rotatable bonds is 7. The van der Waals surface area contributed by atoms with Gasteiger partial charge in [-0.2, -0.15) is 13.2 Å². The molecule has 2 rings (SSSR count). The van der Waals surface area contributed by atoms with E-state index in [0.29, 0.717) is 19.0 Å². The molecule has 0 atom stereocenters. The Morgan fingerprint density at radius 1 is 1.19 bits per heavy atom. The summed E-state index contributed by atoms with van der Waals surface area (Å²) < 4.78 is 41.2. The smallest absolute Gasteiger partial charge is 0.422 e. The molecule has 27 heavy (non-hydrogen) atoms. The van der Waals surface area contributed by atoms with E-state index in [1.165, 1.54) is 12.1 Å². The fraction of sp³-hybridized carbons (Fsp3) is 0.444. The first-order chi connectivity index (χ1) is 12.8. The van der Waals surface area contributed by atoms with Crippen LogP contribution in [0.3, 0.4) is 0 Å². The van der Waals surface area contributed by atoms with Gasteiger partial charge in [-0.15, -0.1) is 11.3 Å². The van der Waals surface area contributed by atoms with E-state index in [1.54, 1.807) is 23.5 Å². The summed E-state index contributed by atoms with van der Waals surface area (Å²) in [5, 5.41) is 7.47. The summed E-state index contributed by atoms with van der Waals surface area (Å²) in [6, 6.07) is 6.44. The predicted octanol–water partition coefficient (Wildman–Crippen LogP) is 3.96. The number of halogens is 3. The van der Waals surface area contributed by atoms with Crippen molar-refractivity contribution in [3.8, 4) is 5.75 Å². The number of nitrogens with zero attached hydrogens (tertiary/aromatic N) is 2. The lowest BCUT2D eigenvalue weighted by Gasteiger charge is -2.11. The highest BCUT2D eigenvalue weighted by atomic mass is 32.1. The molecule has 1 aromatic carbocycles. The molecule has 0 aliphatic heterocycles. The summed E-state index contributed by atoms with van der Waals surface area (Å²) in [5.41, 5.74) is 1.88. The van der Waals surface area contributed by atoms with Gasteiger partial charge in [-0.25, -0.2) is 9.98 Å². The van der Waals surface area contributed by atoms with E-state index in [1.807, 2.05) is 20.8 Å². The van der Waals surface area contributed by atoms with Crippen LogP contribution in [0.2, 0.25) is 0 Å². The molecule has 2 aromatic rings. The molecule has 0 aliphatic carbocycles. The molecule has 1 heterocycles. The first kappa shape index (κ1) is 21.0. The third kappa shape index (κ3) is 7.46. The van der Waals surface area contributed by atoms with E-state index in [-0.39, 0.29) is 5.75 Å². The summed E-state index contributed by atoms with van der Waals surface area (Å²) >= 11 is 1.65. The monoisotopic (exact) mass is 400 g/mol. The predicted molar refractivity (Wildman–Crippen MR) is 101 cm³/mol. The number of nitrogens with one attached hydrogen (secondary N) is 2. The van der Waals surface area contributed by atoms with Crippen molar-refractivity contribution in [2.45, 2.75) is 40.0 Å². The van der Waals surface area contributed by atoms with Crippen molar-refractivity contribution in [1.82, 2.24) is 15.6 Å². The number of ether oxygens (including phenoxy) is 1. The molecule has 0 aliphatic rings. The van der Waals surface area contributed by atoms with Gasteiger partial charge in [0.25, 0.3) is 0 Å². The van der Waals surface area contributed by atoms with E-state index in [9.17, 15) is 13.2 Å². The average Bonchev–Trinajstić information content (AvgIpc) is 2.93. The summed E-state index contributed by atoms with van der Waals surface area (Å²) in [7, 11) is 0. The molecule has 0 amide bonds. The molecule has 2 N–H and O–H groups in total. The zero-order valence-electron chi connectivity index (χ0n) is 15.5. The van der Waals surface area contributed by atoms with Crippen molar-refractivity contribution < 1.29 is 17.9 Å². The standard InChI is InChI=1S/C18H23F3N4OS/c1-4-22-17(24-10-16-12(2)25-13(3)27-16)23-9-14-5-7-15(8-6-14)26-11-18(19,20)21/h5-8H,4,9-11H2,1-3H3,(H2,22,23,24). The molecular formula is C18H23F3N4OS. The van der Waals surface area contributed by atoms with Gasteiger partial charge in [0, 0.05) is 11.4 Å². The fourth-order valence-electron chi connectivity index (χ4n) is 2.27. The van der Waals surface area contributed by atoms with Gasteiger partial charge in [0.15, 0.2) is 12.6 Å². The number of guanidine groups is 1. The van der Waals surface area contributed by atoms with E-state index >= 15 is 0 Å². The Labute approximate surface area is 160 Å². The number of benzene rings is 1. The Balaban J connectivity index is 1.92. The minimum absolute atomic E-state index is 0.182. The number of aromatic nitrogens is 1. The van der Waals surface area contributed by atoms with Crippen molar-refractivity contribution >= 4 is 17.3 Å². The number of aryl methyl sites for hydroxylation is 2. The largest absolute Gasteiger partial charge is 0.484 e. The summed E-state index contributed by atoms with van der Waals surface area (Å²) in [4.78, 5) is 10.1. The van der Waals surface area contributed by atoms with Gasteiger partial charge < -0.3 is 15.4 Å². The Hall–Kier alpha value is -2.29. The van der Waals surface area contributed by atoms with Gasteiger partial charge in [-0.3, -0.25) is 0 Å². The van der Waals surface area contributed by atoms with Crippen LogP contribution in [0, 0.1) is 13.8 Å². The summed E-state index contributed by atoms with van der Waals surface area (Å²) in [6.07, 6.45) is -4.34. The average molecular weight is 400 g/mol. The van der Waals surface area contributed by atoms with Gasteiger partial charge in [-0.1, -0.05) is 12.1 Å². The maximum Gasteiger partial charge on any atom is 0.422 e. The highest BCUT2D eigenvalue weighted by Gasteiger charge is 2.28. The van der Waals surface area contributed by atoms with Crippen molar-refractivity contribution in [3.63, 3.8) is 0 Å². The molecule has 0 fully saturated rings. The second-order valence-electron chi connectivity index (χ2n) is 5.84. The van der Waals surface area contributed by atoms with Gasteiger partial charge in [0.05, 0.1) is 23.8 Å². The van der Waals surface area contributed by atoms with Crippen LogP contribution in [0.1, 0.15) is 28.1 Å². The number of aliphatic imine (C=N–C) groups is 1. The molecule has 0 radical (unpaired) electrons. The molecular weight excluding hydrogens is 377 g/mol. The number of thiazole rings is 1. The number of alkyl halides is 3. The van der Waals surface area contributed by atoms with Crippen LogP contribution < -0.4 is 15.4 Å². The van der Waals surface area contributed by atoms with Crippen LogP contribution in [0.25, 0.3) is 0 Å². The van der Waals surface area contributed by atoms with Gasteiger partial charge in [0.1, 0.15) is 5.75 Å². The molecule has 0 unspecified atom stereocenters. The quantitative estimate of drug-likeness (QED) is 0.546. The lowest BCUT2D eigenvalue weighted by atomic mass is 10.2. The third-order valence-electron chi connectivity index (χ3n) is 3.51. The lowest BCUT2D eigenvalue weighted by molar-refractivity contribution is -0.153. The first-order valence-electron chi connectivity index (χ1n) is 8.50. The van der Waals surface area contributed by atoms with Crippen molar-refractivity contribution in [2.24, 2.45) is 4.99 Å². The van der Waals surface area contributed by atoms with Gasteiger partial charge in [-0.05, 0) is 38.5 Å². The highest BCUT2D eigenvalue weighted by Crippen LogP contribution is 2.19. The van der Waals surface area contributed by atoms with Crippen LogP contribution in [0.5, 0.6) is 5.75 Å². The van der Waals surface area contributed by atoms with Crippen molar-refractivity contribution in [1.29, 1.82) is 0 Å². The normalized spacial score (nSPS) is 12.1. The van der Waals surface area contributed by atoms with E-state index in [2.05, 4.69) is 20.6 Å². The summed E-state index contributed by atoms with van der Waals surface area (Å²) in [6.45, 7) is 6.39.